The van der Waals surface area contributed by atoms with Crippen molar-refractivity contribution in [3.8, 4) is 11.5 Å². The average molecular weight is 197 g/mol. The minimum absolute atomic E-state index is 0.0192. The van der Waals surface area contributed by atoms with E-state index in [1.807, 2.05) is 0 Å². The molecular weight excluding hydrogens is 182 g/mol. The van der Waals surface area contributed by atoms with Crippen LogP contribution in [0.4, 0.5) is 0 Å². The molecule has 1 rings (SSSR count). The lowest BCUT2D eigenvalue weighted by Gasteiger charge is -2.24. The van der Waals surface area contributed by atoms with E-state index in [9.17, 15) is 5.11 Å². The van der Waals surface area contributed by atoms with Gasteiger partial charge in [0.25, 0.3) is 0 Å². The summed E-state index contributed by atoms with van der Waals surface area (Å²) in [5.41, 5.74) is 5.90. The third-order valence-electron chi connectivity index (χ3n) is 2.27. The zero-order valence-electron chi connectivity index (χ0n) is 8.07. The Kier molecular flexibility index (Phi) is 2.98. The fourth-order valence-corrected chi connectivity index (χ4v) is 1.26. The van der Waals surface area contributed by atoms with Gasteiger partial charge in [-0.25, -0.2) is 0 Å². The van der Waals surface area contributed by atoms with Gasteiger partial charge >= 0.3 is 0 Å². The molecule has 78 valence electrons. The van der Waals surface area contributed by atoms with E-state index < -0.39 is 5.54 Å². The Morgan fingerprint density at radius 1 is 1.29 bits per heavy atom. The lowest BCUT2D eigenvalue weighted by atomic mass is 9.90. The van der Waals surface area contributed by atoms with Crippen molar-refractivity contribution >= 4 is 0 Å². The van der Waals surface area contributed by atoms with Crippen LogP contribution in [-0.4, -0.2) is 21.9 Å². The van der Waals surface area contributed by atoms with Crippen LogP contribution in [0.1, 0.15) is 18.9 Å². The van der Waals surface area contributed by atoms with Crippen molar-refractivity contribution < 1.29 is 15.3 Å². The van der Waals surface area contributed by atoms with Crippen LogP contribution in [0, 0.1) is 0 Å². The summed E-state index contributed by atoms with van der Waals surface area (Å²) in [6.45, 7) is 1.74. The van der Waals surface area contributed by atoms with E-state index in [2.05, 4.69) is 0 Å². The van der Waals surface area contributed by atoms with Crippen molar-refractivity contribution in [1.29, 1.82) is 0 Å². The number of aromatic hydroxyl groups is 2. The Labute approximate surface area is 82.6 Å². The van der Waals surface area contributed by atoms with Gasteiger partial charge in [-0.1, -0.05) is 6.07 Å². The molecule has 14 heavy (non-hydrogen) atoms. The van der Waals surface area contributed by atoms with Crippen LogP contribution in [0.25, 0.3) is 0 Å². The molecule has 0 aromatic heterocycles. The quantitative estimate of drug-likeness (QED) is 0.536. The molecule has 4 nitrogen and oxygen atoms in total. The normalized spacial score (nSPS) is 15.1. The molecule has 0 bridgehead atoms. The molecule has 0 heterocycles. The molecule has 1 atom stereocenters. The van der Waals surface area contributed by atoms with Crippen LogP contribution in [0.3, 0.4) is 0 Å². The van der Waals surface area contributed by atoms with Gasteiger partial charge in [0, 0.05) is 12.1 Å². The minimum Gasteiger partial charge on any atom is -0.504 e. The van der Waals surface area contributed by atoms with E-state index in [1.165, 1.54) is 12.1 Å². The predicted molar refractivity (Wildman–Crippen MR) is 53.0 cm³/mol. The number of hydrogen-bond acceptors (Lipinski definition) is 4. The number of nitrogens with two attached hydrogens (primary N) is 1. The van der Waals surface area contributed by atoms with Crippen molar-refractivity contribution in [2.24, 2.45) is 5.73 Å². The third kappa shape index (κ3) is 2.16. The Morgan fingerprint density at radius 2 is 1.93 bits per heavy atom. The first kappa shape index (κ1) is 10.8. The highest BCUT2D eigenvalue weighted by Gasteiger charge is 2.21. The summed E-state index contributed by atoms with van der Waals surface area (Å²) in [4.78, 5) is 0. The van der Waals surface area contributed by atoms with Gasteiger partial charge in [0.2, 0.25) is 0 Å². The summed E-state index contributed by atoms with van der Waals surface area (Å²) < 4.78 is 0. The molecule has 1 aromatic rings. The summed E-state index contributed by atoms with van der Waals surface area (Å²) in [6, 6.07) is 4.42. The van der Waals surface area contributed by atoms with Gasteiger partial charge in [-0.15, -0.1) is 0 Å². The van der Waals surface area contributed by atoms with Crippen molar-refractivity contribution in [2.45, 2.75) is 18.9 Å². The molecule has 0 spiro atoms. The Balaban J connectivity index is 3.01. The second kappa shape index (κ2) is 3.86. The molecule has 0 aliphatic heterocycles. The van der Waals surface area contributed by atoms with Gasteiger partial charge < -0.3 is 21.1 Å². The first-order chi connectivity index (χ1) is 6.47. The smallest absolute Gasteiger partial charge is 0.157 e. The molecular formula is C10H15NO3. The number of phenolic OH excluding ortho intramolecular Hbond substituents is 2. The molecule has 0 saturated carbocycles. The lowest BCUT2D eigenvalue weighted by Crippen LogP contribution is -2.33. The van der Waals surface area contributed by atoms with Crippen LogP contribution in [0.2, 0.25) is 0 Å². The van der Waals surface area contributed by atoms with Gasteiger partial charge in [-0.2, -0.15) is 0 Å². The van der Waals surface area contributed by atoms with E-state index in [4.69, 9.17) is 15.9 Å². The fourth-order valence-electron chi connectivity index (χ4n) is 1.26. The van der Waals surface area contributed by atoms with Gasteiger partial charge in [-0.05, 0) is 31.0 Å². The summed E-state index contributed by atoms with van der Waals surface area (Å²) in [6.07, 6.45) is 0.400. The zero-order valence-corrected chi connectivity index (χ0v) is 8.07. The van der Waals surface area contributed by atoms with Crippen LogP contribution < -0.4 is 5.73 Å². The van der Waals surface area contributed by atoms with E-state index in [1.54, 1.807) is 13.0 Å². The van der Waals surface area contributed by atoms with Crippen molar-refractivity contribution in [3.63, 3.8) is 0 Å². The molecule has 1 aromatic carbocycles. The Hall–Kier alpha value is -1.26. The summed E-state index contributed by atoms with van der Waals surface area (Å²) in [5, 5.41) is 27.2. The largest absolute Gasteiger partial charge is 0.504 e. The van der Waals surface area contributed by atoms with Gasteiger partial charge in [0.1, 0.15) is 0 Å². The maximum atomic E-state index is 9.26. The van der Waals surface area contributed by atoms with E-state index >= 15 is 0 Å². The topological polar surface area (TPSA) is 86.7 Å². The summed E-state index contributed by atoms with van der Waals surface area (Å²) in [7, 11) is 0. The summed E-state index contributed by atoms with van der Waals surface area (Å²) in [5.74, 6) is -0.370. The first-order valence-electron chi connectivity index (χ1n) is 4.39. The number of hydrogen-bond donors (Lipinski definition) is 4. The minimum atomic E-state index is -0.695. The van der Waals surface area contributed by atoms with Crippen LogP contribution in [0.15, 0.2) is 18.2 Å². The standard InChI is InChI=1S/C10H15NO3/c1-10(11,4-5-12)7-2-3-8(13)9(14)6-7/h2-3,6,12-14H,4-5,11H2,1H3/t10-/m0/s1. The maximum Gasteiger partial charge on any atom is 0.157 e. The van der Waals surface area contributed by atoms with Gasteiger partial charge in [0.15, 0.2) is 11.5 Å². The second-order valence-corrected chi connectivity index (χ2v) is 3.59. The van der Waals surface area contributed by atoms with Crippen molar-refractivity contribution in [3.05, 3.63) is 23.8 Å². The van der Waals surface area contributed by atoms with Gasteiger partial charge in [-0.3, -0.25) is 0 Å². The maximum absolute atomic E-state index is 9.26. The zero-order chi connectivity index (χ0) is 10.8. The lowest BCUT2D eigenvalue weighted by molar-refractivity contribution is 0.247. The van der Waals surface area contributed by atoms with E-state index in [0.29, 0.717) is 12.0 Å². The molecule has 0 radical (unpaired) electrons. The van der Waals surface area contributed by atoms with E-state index in [-0.39, 0.29) is 18.1 Å². The molecule has 0 aliphatic rings. The molecule has 4 heteroatoms. The number of benzene rings is 1. The first-order valence-corrected chi connectivity index (χ1v) is 4.39. The summed E-state index contributed by atoms with van der Waals surface area (Å²) >= 11 is 0. The Morgan fingerprint density at radius 3 is 2.43 bits per heavy atom. The number of aliphatic hydroxyl groups excluding tert-OH is 1. The SMILES string of the molecule is C[C@](N)(CCO)c1ccc(O)c(O)c1. The van der Waals surface area contributed by atoms with Crippen LogP contribution >= 0.6 is 0 Å². The molecule has 0 saturated heterocycles. The number of phenols is 2. The molecule has 5 N–H and O–H groups in total. The molecule has 0 aliphatic carbocycles. The highest BCUT2D eigenvalue weighted by Crippen LogP contribution is 2.30. The van der Waals surface area contributed by atoms with Crippen LogP contribution in [-0.2, 0) is 5.54 Å². The van der Waals surface area contributed by atoms with Crippen molar-refractivity contribution in [2.75, 3.05) is 6.61 Å². The molecule has 0 unspecified atom stereocenters. The average Bonchev–Trinajstić information content (AvgIpc) is 2.09. The second-order valence-electron chi connectivity index (χ2n) is 3.59. The molecule has 0 fully saturated rings. The van der Waals surface area contributed by atoms with Crippen LogP contribution in [0.5, 0.6) is 11.5 Å². The van der Waals surface area contributed by atoms with E-state index in [0.717, 1.165) is 0 Å². The molecule has 0 amide bonds. The number of aliphatic hydroxyl groups is 1. The highest BCUT2D eigenvalue weighted by atomic mass is 16.3. The van der Waals surface area contributed by atoms with Gasteiger partial charge in [0.05, 0.1) is 0 Å². The Bertz CT molecular complexity index is 323. The number of rotatable bonds is 3. The monoisotopic (exact) mass is 197 g/mol. The highest BCUT2D eigenvalue weighted by molar-refractivity contribution is 5.42. The predicted octanol–water partition coefficient (Wildman–Crippen LogP) is 0.654. The third-order valence-corrected chi connectivity index (χ3v) is 2.27. The van der Waals surface area contributed by atoms with Crippen molar-refractivity contribution in [1.82, 2.24) is 0 Å². The fraction of sp³-hybridized carbons (Fsp3) is 0.400.